The summed E-state index contributed by atoms with van der Waals surface area (Å²) in [6, 6.07) is 11.9. The number of anilines is 1. The van der Waals surface area contributed by atoms with Gasteiger partial charge in [-0.2, -0.15) is 5.10 Å². The standard InChI is InChI=1S/C18H15ClFN3O/c1-12-5-2-3-6-14(12)18(24)22-13-9-21-23(10-13)11-15-16(19)7-4-8-17(15)20/h2-10H,11H2,1H3,(H,22,24). The summed E-state index contributed by atoms with van der Waals surface area (Å²) in [4.78, 5) is 12.3. The number of nitrogens with one attached hydrogen (secondary N) is 1. The molecule has 3 rings (SSSR count). The molecule has 0 aliphatic rings. The molecule has 1 N–H and O–H groups in total. The van der Waals surface area contributed by atoms with E-state index < -0.39 is 0 Å². The molecule has 0 saturated carbocycles. The van der Waals surface area contributed by atoms with Gasteiger partial charge in [0, 0.05) is 22.3 Å². The molecule has 24 heavy (non-hydrogen) atoms. The number of nitrogens with zero attached hydrogens (tertiary/aromatic N) is 2. The Bertz CT molecular complexity index is 871. The molecule has 0 radical (unpaired) electrons. The molecule has 0 fully saturated rings. The molecule has 0 aliphatic heterocycles. The van der Waals surface area contributed by atoms with Gasteiger partial charge in [0.25, 0.3) is 5.91 Å². The Morgan fingerprint density at radius 3 is 2.79 bits per heavy atom. The van der Waals surface area contributed by atoms with Crippen LogP contribution in [0.25, 0.3) is 0 Å². The number of benzene rings is 2. The number of amides is 1. The molecule has 1 heterocycles. The molecule has 2 aromatic carbocycles. The molecule has 6 heteroatoms. The fourth-order valence-corrected chi connectivity index (χ4v) is 2.61. The average molecular weight is 344 g/mol. The molecule has 0 atom stereocenters. The summed E-state index contributed by atoms with van der Waals surface area (Å²) < 4.78 is 15.3. The Balaban J connectivity index is 1.74. The number of aromatic nitrogens is 2. The molecule has 0 saturated heterocycles. The summed E-state index contributed by atoms with van der Waals surface area (Å²) in [7, 11) is 0. The Morgan fingerprint density at radius 1 is 1.25 bits per heavy atom. The summed E-state index contributed by atoms with van der Waals surface area (Å²) >= 11 is 6.02. The summed E-state index contributed by atoms with van der Waals surface area (Å²) in [5, 5.41) is 7.27. The van der Waals surface area contributed by atoms with Crippen LogP contribution in [-0.2, 0) is 6.54 Å². The maximum atomic E-state index is 13.8. The van der Waals surface area contributed by atoms with Crippen LogP contribution < -0.4 is 5.32 Å². The smallest absolute Gasteiger partial charge is 0.256 e. The summed E-state index contributed by atoms with van der Waals surface area (Å²) in [6.07, 6.45) is 3.16. The van der Waals surface area contributed by atoms with Gasteiger partial charge >= 0.3 is 0 Å². The maximum Gasteiger partial charge on any atom is 0.256 e. The van der Waals surface area contributed by atoms with Gasteiger partial charge in [-0.15, -0.1) is 0 Å². The van der Waals surface area contributed by atoms with E-state index in [4.69, 9.17) is 11.6 Å². The molecule has 0 bridgehead atoms. The van der Waals surface area contributed by atoms with Gasteiger partial charge in [-0.1, -0.05) is 35.9 Å². The molecular weight excluding hydrogens is 329 g/mol. The molecule has 4 nitrogen and oxygen atoms in total. The van der Waals surface area contributed by atoms with Crippen LogP contribution in [0.15, 0.2) is 54.9 Å². The third-order valence-corrected chi connectivity index (χ3v) is 4.02. The van der Waals surface area contributed by atoms with E-state index in [0.717, 1.165) is 5.56 Å². The van der Waals surface area contributed by atoms with E-state index in [-0.39, 0.29) is 18.3 Å². The van der Waals surface area contributed by atoms with E-state index in [0.29, 0.717) is 21.8 Å². The minimum atomic E-state index is -0.386. The van der Waals surface area contributed by atoms with E-state index in [1.54, 1.807) is 24.4 Å². The van der Waals surface area contributed by atoms with Gasteiger partial charge in [0.2, 0.25) is 0 Å². The molecule has 122 valence electrons. The summed E-state index contributed by atoms with van der Waals surface area (Å²) in [5.41, 5.74) is 2.39. The number of carbonyl (C=O) groups is 1. The lowest BCUT2D eigenvalue weighted by atomic mass is 10.1. The van der Waals surface area contributed by atoms with Gasteiger partial charge in [0.15, 0.2) is 0 Å². The van der Waals surface area contributed by atoms with Gasteiger partial charge in [-0.05, 0) is 30.7 Å². The topological polar surface area (TPSA) is 46.9 Å². The van der Waals surface area contributed by atoms with Crippen LogP contribution in [0.5, 0.6) is 0 Å². The van der Waals surface area contributed by atoms with Crippen LogP contribution in [0, 0.1) is 12.7 Å². The van der Waals surface area contributed by atoms with E-state index >= 15 is 0 Å². The third kappa shape index (κ3) is 3.46. The van der Waals surface area contributed by atoms with Gasteiger partial charge in [-0.25, -0.2) is 4.39 Å². The first kappa shape index (κ1) is 16.2. The zero-order valence-corrected chi connectivity index (χ0v) is 13.7. The van der Waals surface area contributed by atoms with Crippen LogP contribution in [0.3, 0.4) is 0 Å². The number of carbonyl (C=O) groups excluding carboxylic acids is 1. The number of aryl methyl sites for hydroxylation is 1. The Morgan fingerprint density at radius 2 is 2.04 bits per heavy atom. The third-order valence-electron chi connectivity index (χ3n) is 3.66. The van der Waals surface area contributed by atoms with Gasteiger partial charge in [0.1, 0.15) is 5.82 Å². The number of halogens is 2. The molecule has 0 unspecified atom stereocenters. The van der Waals surface area contributed by atoms with E-state index in [9.17, 15) is 9.18 Å². The van der Waals surface area contributed by atoms with Gasteiger partial charge < -0.3 is 5.32 Å². The second kappa shape index (κ2) is 6.84. The largest absolute Gasteiger partial charge is 0.319 e. The maximum absolute atomic E-state index is 13.8. The lowest BCUT2D eigenvalue weighted by molar-refractivity contribution is 0.102. The Kier molecular flexibility index (Phi) is 4.62. The van der Waals surface area contributed by atoms with Crippen molar-refractivity contribution in [2.75, 3.05) is 5.32 Å². The number of rotatable bonds is 4. The minimum Gasteiger partial charge on any atom is -0.319 e. The Hall–Kier alpha value is -2.66. The summed E-state index contributed by atoms with van der Waals surface area (Å²) in [5.74, 6) is -0.597. The van der Waals surface area contributed by atoms with Crippen LogP contribution in [0.1, 0.15) is 21.5 Å². The molecule has 1 amide bonds. The van der Waals surface area contributed by atoms with Crippen molar-refractivity contribution in [2.45, 2.75) is 13.5 Å². The van der Waals surface area contributed by atoms with Gasteiger partial charge in [-0.3, -0.25) is 9.48 Å². The van der Waals surface area contributed by atoms with Crippen molar-refractivity contribution in [3.8, 4) is 0 Å². The molecular formula is C18H15ClFN3O. The highest BCUT2D eigenvalue weighted by atomic mass is 35.5. The molecule has 0 spiro atoms. The van der Waals surface area contributed by atoms with Crippen molar-refractivity contribution in [1.29, 1.82) is 0 Å². The monoisotopic (exact) mass is 343 g/mol. The normalized spacial score (nSPS) is 10.6. The number of hydrogen-bond donors (Lipinski definition) is 1. The highest BCUT2D eigenvalue weighted by molar-refractivity contribution is 6.31. The van der Waals surface area contributed by atoms with Crippen LogP contribution in [0.2, 0.25) is 5.02 Å². The zero-order valence-electron chi connectivity index (χ0n) is 13.0. The van der Waals surface area contributed by atoms with Crippen molar-refractivity contribution in [3.63, 3.8) is 0 Å². The van der Waals surface area contributed by atoms with E-state index in [2.05, 4.69) is 10.4 Å². The van der Waals surface area contributed by atoms with Gasteiger partial charge in [0.05, 0.1) is 18.4 Å². The quantitative estimate of drug-likeness (QED) is 0.768. The lowest BCUT2D eigenvalue weighted by Gasteiger charge is -2.06. The first-order valence-corrected chi connectivity index (χ1v) is 7.74. The second-order valence-corrected chi connectivity index (χ2v) is 5.80. The minimum absolute atomic E-state index is 0.186. The van der Waals surface area contributed by atoms with Crippen LogP contribution >= 0.6 is 11.6 Å². The van der Waals surface area contributed by atoms with Crippen molar-refractivity contribution >= 4 is 23.2 Å². The summed E-state index contributed by atoms with van der Waals surface area (Å²) in [6.45, 7) is 2.06. The number of hydrogen-bond acceptors (Lipinski definition) is 2. The van der Waals surface area contributed by atoms with Crippen molar-refractivity contribution in [2.24, 2.45) is 0 Å². The average Bonchev–Trinajstić information content (AvgIpc) is 2.98. The van der Waals surface area contributed by atoms with Crippen molar-refractivity contribution < 1.29 is 9.18 Å². The van der Waals surface area contributed by atoms with Crippen molar-refractivity contribution in [1.82, 2.24) is 9.78 Å². The highest BCUT2D eigenvalue weighted by Crippen LogP contribution is 2.20. The highest BCUT2D eigenvalue weighted by Gasteiger charge is 2.11. The first-order valence-electron chi connectivity index (χ1n) is 7.37. The SMILES string of the molecule is Cc1ccccc1C(=O)Nc1cnn(Cc2c(F)cccc2Cl)c1. The molecule has 1 aromatic heterocycles. The van der Waals surface area contributed by atoms with Crippen LogP contribution in [-0.4, -0.2) is 15.7 Å². The molecule has 3 aromatic rings. The molecule has 0 aliphatic carbocycles. The lowest BCUT2D eigenvalue weighted by Crippen LogP contribution is -2.12. The Labute approximate surface area is 143 Å². The first-order chi connectivity index (χ1) is 11.5. The van der Waals surface area contributed by atoms with E-state index in [1.165, 1.54) is 16.9 Å². The fourth-order valence-electron chi connectivity index (χ4n) is 2.39. The predicted molar refractivity (Wildman–Crippen MR) is 91.9 cm³/mol. The fraction of sp³-hybridized carbons (Fsp3) is 0.111. The van der Waals surface area contributed by atoms with Crippen LogP contribution in [0.4, 0.5) is 10.1 Å². The second-order valence-electron chi connectivity index (χ2n) is 5.40. The van der Waals surface area contributed by atoms with Crippen molar-refractivity contribution in [3.05, 3.63) is 82.4 Å². The predicted octanol–water partition coefficient (Wildman–Crippen LogP) is 4.28. The zero-order chi connectivity index (χ0) is 17.1. The van der Waals surface area contributed by atoms with E-state index in [1.807, 2.05) is 25.1 Å².